The lowest BCUT2D eigenvalue weighted by atomic mass is 9.82. The van der Waals surface area contributed by atoms with E-state index in [-0.39, 0.29) is 11.8 Å². The molecule has 112 valence electrons. The highest BCUT2D eigenvalue weighted by Gasteiger charge is 2.30. The van der Waals surface area contributed by atoms with Crippen LogP contribution >= 0.6 is 0 Å². The molecule has 2 amide bonds. The maximum atomic E-state index is 12.3. The Balaban J connectivity index is 2.13. The molecule has 2 rings (SSSR count). The number of carbonyl (C=O) groups excluding carboxylic acids is 2. The van der Waals surface area contributed by atoms with E-state index in [2.05, 4.69) is 5.32 Å². The molecule has 6 nitrogen and oxygen atoms in total. The Morgan fingerprint density at radius 3 is 2.71 bits per heavy atom. The minimum Gasteiger partial charge on any atom is -0.480 e. The predicted octanol–water partition coefficient (Wildman–Crippen LogP) is 0.551. The Morgan fingerprint density at radius 2 is 2.05 bits per heavy atom. The zero-order valence-corrected chi connectivity index (χ0v) is 11.5. The van der Waals surface area contributed by atoms with Crippen LogP contribution in [0.2, 0.25) is 0 Å². The van der Waals surface area contributed by atoms with Crippen LogP contribution in [-0.4, -0.2) is 28.9 Å². The van der Waals surface area contributed by atoms with E-state index in [4.69, 9.17) is 10.8 Å². The first-order valence-corrected chi connectivity index (χ1v) is 6.88. The number of nitrogens with two attached hydrogens (primary N) is 1. The number of fused-ring (bicyclic) bond motifs is 1. The second kappa shape index (κ2) is 6.39. The molecular formula is C15H18N2O4. The lowest BCUT2D eigenvalue weighted by Gasteiger charge is -2.25. The molecule has 0 spiro atoms. The van der Waals surface area contributed by atoms with Gasteiger partial charge in [0.25, 0.3) is 0 Å². The SMILES string of the molecule is NC(=O)CC(NC(=O)C1CCCc2ccccc21)C(=O)O. The van der Waals surface area contributed by atoms with Crippen LogP contribution in [0.4, 0.5) is 0 Å². The number of hydrogen-bond donors (Lipinski definition) is 3. The van der Waals surface area contributed by atoms with Gasteiger partial charge in [0.1, 0.15) is 6.04 Å². The number of carboxylic acids is 1. The maximum absolute atomic E-state index is 12.3. The van der Waals surface area contributed by atoms with Crippen LogP contribution < -0.4 is 11.1 Å². The number of amides is 2. The Morgan fingerprint density at radius 1 is 1.33 bits per heavy atom. The van der Waals surface area contributed by atoms with Gasteiger partial charge in [-0.05, 0) is 30.4 Å². The maximum Gasteiger partial charge on any atom is 0.326 e. The van der Waals surface area contributed by atoms with Gasteiger partial charge < -0.3 is 16.2 Å². The summed E-state index contributed by atoms with van der Waals surface area (Å²) in [7, 11) is 0. The van der Waals surface area contributed by atoms with E-state index in [1.54, 1.807) is 0 Å². The molecular weight excluding hydrogens is 272 g/mol. The van der Waals surface area contributed by atoms with Crippen molar-refractivity contribution in [2.24, 2.45) is 5.73 Å². The van der Waals surface area contributed by atoms with Crippen LogP contribution in [0, 0.1) is 0 Å². The van der Waals surface area contributed by atoms with Gasteiger partial charge >= 0.3 is 5.97 Å². The number of carbonyl (C=O) groups is 3. The number of benzene rings is 1. The molecule has 0 saturated heterocycles. The largest absolute Gasteiger partial charge is 0.480 e. The lowest BCUT2D eigenvalue weighted by Crippen LogP contribution is -2.45. The second-order valence-electron chi connectivity index (χ2n) is 5.21. The molecule has 1 aliphatic rings. The molecule has 0 fully saturated rings. The first kappa shape index (κ1) is 15.0. The van der Waals surface area contributed by atoms with Crippen molar-refractivity contribution in [1.29, 1.82) is 0 Å². The fourth-order valence-electron chi connectivity index (χ4n) is 2.70. The summed E-state index contributed by atoms with van der Waals surface area (Å²) in [5, 5.41) is 11.5. The van der Waals surface area contributed by atoms with Crippen LogP contribution in [0.1, 0.15) is 36.3 Å². The van der Waals surface area contributed by atoms with Gasteiger partial charge in [0.2, 0.25) is 11.8 Å². The second-order valence-corrected chi connectivity index (χ2v) is 5.21. The molecule has 0 bridgehead atoms. The highest BCUT2D eigenvalue weighted by molar-refractivity contribution is 5.91. The van der Waals surface area contributed by atoms with Gasteiger partial charge in [-0.15, -0.1) is 0 Å². The van der Waals surface area contributed by atoms with Gasteiger partial charge in [-0.1, -0.05) is 24.3 Å². The summed E-state index contributed by atoms with van der Waals surface area (Å²) in [6.07, 6.45) is 2.06. The summed E-state index contributed by atoms with van der Waals surface area (Å²) < 4.78 is 0. The summed E-state index contributed by atoms with van der Waals surface area (Å²) in [6.45, 7) is 0. The third-order valence-electron chi connectivity index (χ3n) is 3.71. The van der Waals surface area contributed by atoms with Crippen molar-refractivity contribution < 1.29 is 19.5 Å². The highest BCUT2D eigenvalue weighted by Crippen LogP contribution is 2.31. The third-order valence-corrected chi connectivity index (χ3v) is 3.71. The molecule has 0 heterocycles. The van der Waals surface area contributed by atoms with Crippen molar-refractivity contribution in [1.82, 2.24) is 5.32 Å². The number of nitrogens with one attached hydrogen (secondary N) is 1. The number of hydrogen-bond acceptors (Lipinski definition) is 3. The predicted molar refractivity (Wildman–Crippen MR) is 75.5 cm³/mol. The van der Waals surface area contributed by atoms with Gasteiger partial charge in [-0.3, -0.25) is 9.59 Å². The Labute approximate surface area is 122 Å². The van der Waals surface area contributed by atoms with E-state index in [1.165, 1.54) is 0 Å². The molecule has 0 aliphatic heterocycles. The topological polar surface area (TPSA) is 109 Å². The van der Waals surface area contributed by atoms with E-state index in [1.807, 2.05) is 24.3 Å². The Bertz CT molecular complexity index is 571. The van der Waals surface area contributed by atoms with Gasteiger partial charge in [-0.2, -0.15) is 0 Å². The Hall–Kier alpha value is -2.37. The average Bonchev–Trinajstić information content (AvgIpc) is 2.45. The van der Waals surface area contributed by atoms with Crippen LogP contribution in [0.5, 0.6) is 0 Å². The first-order valence-electron chi connectivity index (χ1n) is 6.88. The summed E-state index contributed by atoms with van der Waals surface area (Å²) in [5.74, 6) is -2.75. The molecule has 0 saturated carbocycles. The highest BCUT2D eigenvalue weighted by atomic mass is 16.4. The molecule has 4 N–H and O–H groups in total. The van der Waals surface area contributed by atoms with Gasteiger partial charge in [0, 0.05) is 0 Å². The zero-order valence-electron chi connectivity index (χ0n) is 11.5. The Kier molecular flexibility index (Phi) is 4.57. The van der Waals surface area contributed by atoms with Crippen LogP contribution in [0.3, 0.4) is 0 Å². The molecule has 2 atom stereocenters. The molecule has 1 aromatic rings. The van der Waals surface area contributed by atoms with E-state index >= 15 is 0 Å². The molecule has 0 radical (unpaired) electrons. The number of rotatable bonds is 5. The summed E-state index contributed by atoms with van der Waals surface area (Å²) in [6, 6.07) is 6.38. The van der Waals surface area contributed by atoms with Crippen LogP contribution in [0.15, 0.2) is 24.3 Å². The minimum absolute atomic E-state index is 0.365. The van der Waals surface area contributed by atoms with Crippen molar-refractivity contribution >= 4 is 17.8 Å². The lowest BCUT2D eigenvalue weighted by molar-refractivity contribution is -0.143. The standard InChI is InChI=1S/C15H18N2O4/c16-13(18)8-12(15(20)21)17-14(19)11-7-3-5-9-4-1-2-6-10(9)11/h1-2,4,6,11-12H,3,5,7-8H2,(H2,16,18)(H,17,19)(H,20,21). The van der Waals surface area contributed by atoms with E-state index in [9.17, 15) is 14.4 Å². The van der Waals surface area contributed by atoms with Crippen molar-refractivity contribution in [2.45, 2.75) is 37.6 Å². The number of carboxylic acid groups (broad SMARTS) is 1. The quantitative estimate of drug-likeness (QED) is 0.735. The molecule has 6 heteroatoms. The third kappa shape index (κ3) is 3.59. The monoisotopic (exact) mass is 290 g/mol. The summed E-state index contributed by atoms with van der Waals surface area (Å²) in [5.41, 5.74) is 7.06. The van der Waals surface area contributed by atoms with Crippen molar-refractivity contribution in [2.75, 3.05) is 0 Å². The van der Waals surface area contributed by atoms with E-state index in [0.717, 1.165) is 24.0 Å². The number of aryl methyl sites for hydroxylation is 1. The fourth-order valence-corrected chi connectivity index (χ4v) is 2.70. The molecule has 0 aromatic heterocycles. The number of aliphatic carboxylic acids is 1. The average molecular weight is 290 g/mol. The van der Waals surface area contributed by atoms with Gasteiger partial charge in [0.15, 0.2) is 0 Å². The summed E-state index contributed by atoms with van der Waals surface area (Å²) in [4.78, 5) is 34.3. The smallest absolute Gasteiger partial charge is 0.326 e. The molecule has 21 heavy (non-hydrogen) atoms. The molecule has 1 aromatic carbocycles. The molecule has 1 aliphatic carbocycles. The minimum atomic E-state index is -1.27. The fraction of sp³-hybridized carbons (Fsp3) is 0.400. The molecule has 2 unspecified atom stereocenters. The van der Waals surface area contributed by atoms with Crippen LogP contribution in [-0.2, 0) is 20.8 Å². The van der Waals surface area contributed by atoms with Crippen molar-refractivity contribution in [3.8, 4) is 0 Å². The van der Waals surface area contributed by atoms with Crippen molar-refractivity contribution in [3.05, 3.63) is 35.4 Å². The van der Waals surface area contributed by atoms with Crippen molar-refractivity contribution in [3.63, 3.8) is 0 Å². The van der Waals surface area contributed by atoms with Gasteiger partial charge in [-0.25, -0.2) is 4.79 Å². The number of primary amides is 1. The van der Waals surface area contributed by atoms with Crippen LogP contribution in [0.25, 0.3) is 0 Å². The zero-order chi connectivity index (χ0) is 15.4. The first-order chi connectivity index (χ1) is 9.99. The van der Waals surface area contributed by atoms with E-state index in [0.29, 0.717) is 6.42 Å². The van der Waals surface area contributed by atoms with Gasteiger partial charge in [0.05, 0.1) is 12.3 Å². The normalized spacial score (nSPS) is 18.4. The van der Waals surface area contributed by atoms with E-state index < -0.39 is 24.3 Å². The summed E-state index contributed by atoms with van der Waals surface area (Å²) >= 11 is 0.